The molecule has 0 saturated carbocycles. The first-order valence-corrected chi connectivity index (χ1v) is 19.7. The van der Waals surface area contributed by atoms with E-state index in [4.69, 9.17) is 17.2 Å². The van der Waals surface area contributed by atoms with E-state index in [1.54, 1.807) is 12.1 Å². The Bertz CT molecular complexity index is 1950. The number of phenols is 1. The van der Waals surface area contributed by atoms with Crippen molar-refractivity contribution in [3.05, 3.63) is 58.7 Å². The molecule has 0 bridgehead atoms. The molecule has 4 amide bonds. The van der Waals surface area contributed by atoms with Crippen molar-refractivity contribution in [3.63, 3.8) is 0 Å². The van der Waals surface area contributed by atoms with Gasteiger partial charge in [-0.2, -0.15) is 0 Å². The molecule has 13 N–H and O–H groups in total. The molecule has 0 radical (unpaired) electrons. The number of aliphatic carboxylic acids is 1. The Balaban J connectivity index is 1.57. The van der Waals surface area contributed by atoms with Gasteiger partial charge in [0, 0.05) is 29.9 Å². The fraction of sp³-hybridized carbons (Fsp3) is 0.500. The first-order chi connectivity index (χ1) is 27.9. The lowest BCUT2D eigenvalue weighted by molar-refractivity contribution is -0.145. The zero-order valence-electron chi connectivity index (χ0n) is 33.4. The molecule has 1 heterocycles. The highest BCUT2D eigenvalue weighted by Crippen LogP contribution is 2.37. The SMILES string of the molecule is CC(C)[C@H](NCCCC[C@H](NC(=O)[C@@H](Nc1ccc(O)c2c1C(=O)c1ccccc1C2=O)[C@@H](C)O)C(=O)N1CCC[C@H]1C(=O)N[C@@H](CCCN=C(N)N)C(=O)O)C(N)=O. The Morgan fingerprint density at radius 3 is 2.10 bits per heavy atom. The molecule has 2 aromatic carbocycles. The van der Waals surface area contributed by atoms with Gasteiger partial charge in [-0.15, -0.1) is 0 Å². The van der Waals surface area contributed by atoms with Crippen molar-refractivity contribution in [1.82, 2.24) is 20.9 Å². The molecule has 2 aliphatic rings. The van der Waals surface area contributed by atoms with Gasteiger partial charge in [0.2, 0.25) is 23.6 Å². The monoisotopic (exact) mass is 821 g/mol. The number of likely N-dealkylation sites (tertiary alicyclic amines) is 1. The van der Waals surface area contributed by atoms with Crippen LogP contribution in [0, 0.1) is 5.92 Å². The predicted molar refractivity (Wildman–Crippen MR) is 216 cm³/mol. The Morgan fingerprint density at radius 2 is 1.51 bits per heavy atom. The molecule has 4 rings (SSSR count). The number of carbonyl (C=O) groups is 7. The van der Waals surface area contributed by atoms with Gasteiger partial charge in [-0.3, -0.25) is 33.8 Å². The molecule has 2 aromatic rings. The van der Waals surface area contributed by atoms with Gasteiger partial charge in [-0.1, -0.05) is 38.1 Å². The summed E-state index contributed by atoms with van der Waals surface area (Å²) >= 11 is 0. The van der Waals surface area contributed by atoms with Crippen LogP contribution in [0.1, 0.15) is 97.6 Å². The summed E-state index contributed by atoms with van der Waals surface area (Å²) in [6.45, 7) is 5.64. The average Bonchev–Trinajstić information content (AvgIpc) is 3.67. The van der Waals surface area contributed by atoms with Crippen LogP contribution in [0.25, 0.3) is 0 Å². The minimum atomic E-state index is -1.49. The van der Waals surface area contributed by atoms with Gasteiger partial charge in [-0.05, 0) is 76.5 Å². The number of nitrogens with one attached hydrogen (secondary N) is 4. The Kier molecular flexibility index (Phi) is 15.9. The number of anilines is 1. The Labute approximate surface area is 341 Å². The van der Waals surface area contributed by atoms with Gasteiger partial charge >= 0.3 is 5.97 Å². The number of hydrogen-bond acceptors (Lipinski definition) is 12. The molecule has 19 nitrogen and oxygen atoms in total. The van der Waals surface area contributed by atoms with Crippen molar-refractivity contribution in [2.45, 2.75) is 102 Å². The number of phenolic OH excluding ortho intramolecular Hbond substituents is 1. The number of carbonyl (C=O) groups excluding carboxylic acids is 6. The smallest absolute Gasteiger partial charge is 0.326 e. The predicted octanol–water partition coefficient (Wildman–Crippen LogP) is -0.302. The average molecular weight is 822 g/mol. The van der Waals surface area contributed by atoms with E-state index in [1.807, 2.05) is 13.8 Å². The second-order valence-electron chi connectivity index (χ2n) is 15.1. The number of benzene rings is 2. The molecule has 1 saturated heterocycles. The van der Waals surface area contributed by atoms with Crippen molar-refractivity contribution >= 4 is 52.8 Å². The molecule has 1 aliphatic heterocycles. The zero-order chi connectivity index (χ0) is 43.6. The third kappa shape index (κ3) is 11.3. The molecule has 0 spiro atoms. The lowest BCUT2D eigenvalue weighted by Crippen LogP contribution is -2.57. The van der Waals surface area contributed by atoms with Gasteiger partial charge in [0.05, 0.1) is 23.3 Å². The largest absolute Gasteiger partial charge is 0.507 e. The number of amides is 4. The first-order valence-electron chi connectivity index (χ1n) is 19.7. The van der Waals surface area contributed by atoms with Gasteiger partial charge in [0.25, 0.3) is 0 Å². The van der Waals surface area contributed by atoms with Crippen LogP contribution in [0.15, 0.2) is 41.4 Å². The van der Waals surface area contributed by atoms with E-state index >= 15 is 0 Å². The van der Waals surface area contributed by atoms with Crippen molar-refractivity contribution < 1.29 is 48.9 Å². The summed E-state index contributed by atoms with van der Waals surface area (Å²) in [5, 5.41) is 42.5. The van der Waals surface area contributed by atoms with E-state index in [1.165, 1.54) is 36.1 Å². The van der Waals surface area contributed by atoms with Gasteiger partial charge < -0.3 is 58.7 Å². The lowest BCUT2D eigenvalue weighted by Gasteiger charge is -2.31. The molecule has 6 atom stereocenters. The quantitative estimate of drug-likeness (QED) is 0.0286. The second-order valence-corrected chi connectivity index (χ2v) is 15.1. The van der Waals surface area contributed by atoms with Crippen LogP contribution in [0.3, 0.4) is 0 Å². The molecule has 0 aromatic heterocycles. The minimum Gasteiger partial charge on any atom is -0.507 e. The molecular formula is C40H55N9O10. The minimum absolute atomic E-state index is 0.0163. The maximum Gasteiger partial charge on any atom is 0.326 e. The number of nitrogens with zero attached hydrogens (tertiary/aromatic N) is 2. The molecule has 1 aliphatic carbocycles. The standard InChI is InChI=1S/C40H55N9O10/c1-20(2)31(35(41)54)44-17-7-6-12-25(38(57)49-19-9-14-27(49)36(55)48-26(39(58)59)13-8-18-45-40(42)43)47-37(56)32(21(3)50)46-24-15-16-28(51)30-29(24)33(52)22-10-4-5-11-23(22)34(30)53/h4-5,10-11,15-16,20-21,25-27,31-32,44,46,50-51H,6-9,12-14,17-19H2,1-3H3,(H2,41,54)(H,47,56)(H,48,55)(H,58,59)(H4,42,43,45)/t21-,25+,26+,27+,31+,32+/m1/s1. The lowest BCUT2D eigenvalue weighted by atomic mass is 9.82. The van der Waals surface area contributed by atoms with E-state index in [2.05, 4.69) is 26.3 Å². The van der Waals surface area contributed by atoms with Crippen LogP contribution in [-0.2, 0) is 24.0 Å². The van der Waals surface area contributed by atoms with Crippen LogP contribution in [0.2, 0.25) is 0 Å². The van der Waals surface area contributed by atoms with Crippen LogP contribution in [0.4, 0.5) is 5.69 Å². The second kappa shape index (κ2) is 20.6. The molecule has 320 valence electrons. The van der Waals surface area contributed by atoms with Crippen LogP contribution in [-0.4, -0.2) is 123 Å². The molecule has 1 fully saturated rings. The van der Waals surface area contributed by atoms with Gasteiger partial charge in [-0.25, -0.2) is 4.79 Å². The van der Waals surface area contributed by atoms with Crippen molar-refractivity contribution in [2.75, 3.05) is 25.0 Å². The normalized spacial score (nSPS) is 17.2. The topological polar surface area (TPSA) is 322 Å². The highest BCUT2D eigenvalue weighted by molar-refractivity contribution is 6.31. The number of carboxylic acids is 1. The number of unbranched alkanes of at least 4 members (excludes halogenated alkanes) is 1. The number of carboxylic acid groups (broad SMARTS) is 1. The van der Waals surface area contributed by atoms with Gasteiger partial charge in [0.15, 0.2) is 17.5 Å². The number of primary amides is 1. The first kappa shape index (κ1) is 45.6. The number of nitrogens with two attached hydrogens (primary N) is 3. The van der Waals surface area contributed by atoms with E-state index in [-0.39, 0.29) is 78.6 Å². The highest BCUT2D eigenvalue weighted by atomic mass is 16.4. The maximum atomic E-state index is 14.3. The number of guanidine groups is 1. The van der Waals surface area contributed by atoms with Crippen LogP contribution < -0.4 is 38.5 Å². The number of aliphatic imine (C=N–C) groups is 1. The van der Waals surface area contributed by atoms with E-state index in [0.29, 0.717) is 25.8 Å². The summed E-state index contributed by atoms with van der Waals surface area (Å²) < 4.78 is 0. The van der Waals surface area contributed by atoms with Crippen molar-refractivity contribution in [3.8, 4) is 5.75 Å². The Morgan fingerprint density at radius 1 is 0.864 bits per heavy atom. The number of rotatable bonds is 21. The number of fused-ring (bicyclic) bond motifs is 2. The van der Waals surface area contributed by atoms with E-state index in [0.717, 1.165) is 0 Å². The summed E-state index contributed by atoms with van der Waals surface area (Å²) in [5.41, 5.74) is 15.9. The fourth-order valence-corrected chi connectivity index (χ4v) is 7.35. The summed E-state index contributed by atoms with van der Waals surface area (Å²) in [6.07, 6.45) is 0.362. The molecule has 0 unspecified atom stereocenters. The number of hydrogen-bond donors (Lipinski definition) is 10. The number of aromatic hydroxyl groups is 1. The maximum absolute atomic E-state index is 14.3. The summed E-state index contributed by atoms with van der Waals surface area (Å²) in [4.78, 5) is 98.1. The van der Waals surface area contributed by atoms with Crippen LogP contribution >= 0.6 is 0 Å². The molecule has 59 heavy (non-hydrogen) atoms. The van der Waals surface area contributed by atoms with E-state index < -0.39 is 83.2 Å². The van der Waals surface area contributed by atoms with E-state index in [9.17, 15) is 48.9 Å². The summed E-state index contributed by atoms with van der Waals surface area (Å²) in [6, 6.07) is 2.95. The van der Waals surface area contributed by atoms with Crippen LogP contribution in [0.5, 0.6) is 5.75 Å². The third-order valence-corrected chi connectivity index (χ3v) is 10.4. The van der Waals surface area contributed by atoms with Crippen molar-refractivity contribution in [1.29, 1.82) is 0 Å². The third-order valence-electron chi connectivity index (χ3n) is 10.4. The number of aliphatic hydroxyl groups excluding tert-OH is 1. The summed E-state index contributed by atoms with van der Waals surface area (Å²) in [7, 11) is 0. The highest BCUT2D eigenvalue weighted by Gasteiger charge is 2.40. The molecular weight excluding hydrogens is 766 g/mol. The zero-order valence-corrected chi connectivity index (χ0v) is 33.4. The number of ketones is 2. The molecule has 19 heteroatoms. The van der Waals surface area contributed by atoms with Gasteiger partial charge in [0.1, 0.15) is 29.9 Å². The number of aliphatic hydroxyl groups is 1. The van der Waals surface area contributed by atoms with Crippen molar-refractivity contribution in [2.24, 2.45) is 28.1 Å². The summed E-state index contributed by atoms with van der Waals surface area (Å²) in [5.74, 6) is -5.83. The Hall–Kier alpha value is -6.08. The fourth-order valence-electron chi connectivity index (χ4n) is 7.35.